The lowest BCUT2D eigenvalue weighted by Gasteiger charge is -2.18. The van der Waals surface area contributed by atoms with Crippen LogP contribution in [0.5, 0.6) is 0 Å². The third-order valence-corrected chi connectivity index (χ3v) is 2.52. The van der Waals surface area contributed by atoms with E-state index in [9.17, 15) is 0 Å². The Morgan fingerprint density at radius 3 is 2.79 bits per heavy atom. The van der Waals surface area contributed by atoms with Gasteiger partial charge in [0, 0.05) is 32.1 Å². The van der Waals surface area contributed by atoms with Gasteiger partial charge in [-0.25, -0.2) is 9.97 Å². The zero-order valence-corrected chi connectivity index (χ0v) is 9.40. The van der Waals surface area contributed by atoms with E-state index in [2.05, 4.69) is 30.8 Å². The Morgan fingerprint density at radius 1 is 1.21 bits per heavy atom. The SMILES string of the molecule is Brc1cnc(N2CCCOCC2)nc1. The first-order chi connectivity index (χ1) is 6.86. The average Bonchev–Trinajstić information content (AvgIpc) is 2.47. The van der Waals surface area contributed by atoms with Crippen LogP contribution in [-0.4, -0.2) is 36.3 Å². The van der Waals surface area contributed by atoms with Crippen LogP contribution in [0.1, 0.15) is 6.42 Å². The predicted molar refractivity (Wildman–Crippen MR) is 57.4 cm³/mol. The Labute approximate surface area is 91.4 Å². The molecule has 1 aromatic rings. The van der Waals surface area contributed by atoms with Gasteiger partial charge in [-0.3, -0.25) is 0 Å². The lowest BCUT2D eigenvalue weighted by atomic mass is 10.4. The van der Waals surface area contributed by atoms with Crippen molar-refractivity contribution < 1.29 is 4.74 Å². The number of nitrogens with zero attached hydrogens (tertiary/aromatic N) is 3. The molecular weight excluding hydrogens is 246 g/mol. The quantitative estimate of drug-likeness (QED) is 0.764. The molecule has 0 aliphatic carbocycles. The lowest BCUT2D eigenvalue weighted by molar-refractivity contribution is 0.152. The molecule has 0 spiro atoms. The third-order valence-electron chi connectivity index (χ3n) is 2.11. The Kier molecular flexibility index (Phi) is 3.31. The fraction of sp³-hybridized carbons (Fsp3) is 0.556. The highest BCUT2D eigenvalue weighted by molar-refractivity contribution is 9.10. The summed E-state index contributed by atoms with van der Waals surface area (Å²) >= 11 is 3.32. The van der Waals surface area contributed by atoms with Crippen LogP contribution in [-0.2, 0) is 4.74 Å². The van der Waals surface area contributed by atoms with E-state index in [4.69, 9.17) is 4.74 Å². The minimum Gasteiger partial charge on any atom is -0.380 e. The van der Waals surface area contributed by atoms with Crippen molar-refractivity contribution in [2.24, 2.45) is 0 Å². The molecule has 1 aliphatic rings. The van der Waals surface area contributed by atoms with Crippen LogP contribution in [0.3, 0.4) is 0 Å². The fourth-order valence-electron chi connectivity index (χ4n) is 1.41. The summed E-state index contributed by atoms with van der Waals surface area (Å²) in [5.74, 6) is 0.790. The van der Waals surface area contributed by atoms with E-state index in [1.807, 2.05) is 0 Å². The summed E-state index contributed by atoms with van der Waals surface area (Å²) < 4.78 is 6.27. The monoisotopic (exact) mass is 257 g/mol. The van der Waals surface area contributed by atoms with E-state index in [-0.39, 0.29) is 0 Å². The van der Waals surface area contributed by atoms with Gasteiger partial charge in [-0.05, 0) is 22.4 Å². The van der Waals surface area contributed by atoms with Gasteiger partial charge < -0.3 is 9.64 Å². The first kappa shape index (κ1) is 9.86. The molecule has 0 amide bonds. The van der Waals surface area contributed by atoms with Crippen molar-refractivity contribution in [2.75, 3.05) is 31.2 Å². The number of aromatic nitrogens is 2. The summed E-state index contributed by atoms with van der Waals surface area (Å²) in [6.45, 7) is 3.45. The van der Waals surface area contributed by atoms with Crippen molar-refractivity contribution in [3.8, 4) is 0 Å². The summed E-state index contributed by atoms with van der Waals surface area (Å²) in [5, 5.41) is 0. The number of rotatable bonds is 1. The maximum atomic E-state index is 5.36. The largest absolute Gasteiger partial charge is 0.380 e. The summed E-state index contributed by atoms with van der Waals surface area (Å²) in [6.07, 6.45) is 4.58. The van der Waals surface area contributed by atoms with Gasteiger partial charge in [0.15, 0.2) is 0 Å². The van der Waals surface area contributed by atoms with Crippen LogP contribution in [0.25, 0.3) is 0 Å². The minimum atomic E-state index is 0.763. The fourth-order valence-corrected chi connectivity index (χ4v) is 1.62. The Balaban J connectivity index is 2.08. The van der Waals surface area contributed by atoms with E-state index >= 15 is 0 Å². The summed E-state index contributed by atoms with van der Waals surface area (Å²) in [7, 11) is 0. The molecule has 1 saturated heterocycles. The van der Waals surface area contributed by atoms with Gasteiger partial charge in [-0.15, -0.1) is 0 Å². The highest BCUT2D eigenvalue weighted by Gasteiger charge is 2.11. The van der Waals surface area contributed by atoms with Crippen LogP contribution in [0.15, 0.2) is 16.9 Å². The van der Waals surface area contributed by atoms with Crippen molar-refractivity contribution in [3.63, 3.8) is 0 Å². The van der Waals surface area contributed by atoms with Crippen molar-refractivity contribution in [3.05, 3.63) is 16.9 Å². The van der Waals surface area contributed by atoms with Crippen LogP contribution in [0, 0.1) is 0 Å². The molecule has 0 bridgehead atoms. The van der Waals surface area contributed by atoms with Gasteiger partial charge >= 0.3 is 0 Å². The van der Waals surface area contributed by atoms with Crippen LogP contribution < -0.4 is 4.90 Å². The smallest absolute Gasteiger partial charge is 0.225 e. The van der Waals surface area contributed by atoms with E-state index in [0.717, 1.165) is 43.1 Å². The number of hydrogen-bond acceptors (Lipinski definition) is 4. The van der Waals surface area contributed by atoms with Crippen molar-refractivity contribution in [2.45, 2.75) is 6.42 Å². The first-order valence-corrected chi connectivity index (χ1v) is 5.46. The second-order valence-corrected chi connectivity index (χ2v) is 4.07. The number of anilines is 1. The molecule has 0 saturated carbocycles. The minimum absolute atomic E-state index is 0.763. The molecule has 2 rings (SSSR count). The highest BCUT2D eigenvalue weighted by Crippen LogP contribution is 2.12. The zero-order chi connectivity index (χ0) is 9.80. The molecule has 4 nitrogen and oxygen atoms in total. The normalized spacial score (nSPS) is 17.9. The Morgan fingerprint density at radius 2 is 2.00 bits per heavy atom. The van der Waals surface area contributed by atoms with Crippen LogP contribution >= 0.6 is 15.9 Å². The third kappa shape index (κ3) is 2.42. The number of halogens is 1. The van der Waals surface area contributed by atoms with Crippen molar-refractivity contribution >= 4 is 21.9 Å². The Bertz CT molecular complexity index is 283. The molecule has 0 N–H and O–H groups in total. The van der Waals surface area contributed by atoms with Gasteiger partial charge in [-0.1, -0.05) is 0 Å². The molecule has 1 fully saturated rings. The van der Waals surface area contributed by atoms with Crippen molar-refractivity contribution in [1.82, 2.24) is 9.97 Å². The average molecular weight is 258 g/mol. The standard InChI is InChI=1S/C9H12BrN3O/c10-8-6-11-9(12-7-8)13-2-1-4-14-5-3-13/h6-7H,1-5H2. The van der Waals surface area contributed by atoms with E-state index in [1.54, 1.807) is 12.4 Å². The molecule has 1 aliphatic heterocycles. The summed E-state index contributed by atoms with van der Waals surface area (Å²) in [5.41, 5.74) is 0. The Hall–Kier alpha value is -0.680. The molecule has 0 radical (unpaired) electrons. The van der Waals surface area contributed by atoms with Gasteiger partial charge in [0.25, 0.3) is 0 Å². The van der Waals surface area contributed by atoms with Crippen molar-refractivity contribution in [1.29, 1.82) is 0 Å². The molecule has 76 valence electrons. The number of ether oxygens (including phenoxy) is 1. The topological polar surface area (TPSA) is 38.2 Å². The van der Waals surface area contributed by atoms with Crippen LogP contribution in [0.2, 0.25) is 0 Å². The second-order valence-electron chi connectivity index (χ2n) is 3.15. The summed E-state index contributed by atoms with van der Waals surface area (Å²) in [6, 6.07) is 0. The molecule has 14 heavy (non-hydrogen) atoms. The first-order valence-electron chi connectivity index (χ1n) is 4.66. The molecule has 0 aromatic carbocycles. The maximum absolute atomic E-state index is 5.36. The molecule has 0 atom stereocenters. The molecule has 0 unspecified atom stereocenters. The van der Waals surface area contributed by atoms with Gasteiger partial charge in [-0.2, -0.15) is 0 Å². The molecular formula is C9H12BrN3O. The zero-order valence-electron chi connectivity index (χ0n) is 7.82. The maximum Gasteiger partial charge on any atom is 0.225 e. The molecule has 1 aromatic heterocycles. The van der Waals surface area contributed by atoms with E-state index in [0.29, 0.717) is 0 Å². The van der Waals surface area contributed by atoms with Crippen LogP contribution in [0.4, 0.5) is 5.95 Å². The van der Waals surface area contributed by atoms with E-state index in [1.165, 1.54) is 0 Å². The predicted octanol–water partition coefficient (Wildman–Crippen LogP) is 1.47. The van der Waals surface area contributed by atoms with Gasteiger partial charge in [0.1, 0.15) is 0 Å². The molecule has 2 heterocycles. The lowest BCUT2D eigenvalue weighted by Crippen LogP contribution is -2.27. The second kappa shape index (κ2) is 4.70. The number of hydrogen-bond donors (Lipinski definition) is 0. The van der Waals surface area contributed by atoms with E-state index < -0.39 is 0 Å². The molecule has 5 heteroatoms. The summed E-state index contributed by atoms with van der Waals surface area (Å²) in [4.78, 5) is 10.7. The van der Waals surface area contributed by atoms with Gasteiger partial charge in [0.2, 0.25) is 5.95 Å². The van der Waals surface area contributed by atoms with Gasteiger partial charge in [0.05, 0.1) is 11.1 Å². The highest BCUT2D eigenvalue weighted by atomic mass is 79.9.